The van der Waals surface area contributed by atoms with E-state index in [-0.39, 0.29) is 42.5 Å². The third-order valence-electron chi connectivity index (χ3n) is 4.80. The molecule has 0 aromatic heterocycles. The molecule has 1 saturated heterocycles. The Bertz CT molecular complexity index is 813. The number of sulfone groups is 1. The summed E-state index contributed by atoms with van der Waals surface area (Å²) in [5, 5.41) is 3.35. The largest absolute Gasteiger partial charge is 0.341 e. The van der Waals surface area contributed by atoms with E-state index in [4.69, 9.17) is 11.6 Å². The first-order chi connectivity index (χ1) is 12.6. The molecule has 1 heterocycles. The molecule has 1 aliphatic rings. The highest BCUT2D eigenvalue weighted by molar-refractivity contribution is 7.91. The van der Waals surface area contributed by atoms with Crippen molar-refractivity contribution in [3.63, 3.8) is 0 Å². The van der Waals surface area contributed by atoms with Crippen LogP contribution in [0.4, 0.5) is 5.69 Å². The first-order valence-corrected chi connectivity index (χ1v) is 11.1. The molecular formula is C18H26ClN3O4S. The number of hydrogen-bond donors (Lipinski definition) is 1. The Balaban J connectivity index is 1.91. The molecule has 2 amide bonds. The molecular weight excluding hydrogens is 390 g/mol. The molecule has 9 heteroatoms. The van der Waals surface area contributed by atoms with Crippen molar-refractivity contribution in [3.05, 3.63) is 28.8 Å². The molecule has 1 N–H and O–H groups in total. The molecule has 7 nitrogen and oxygen atoms in total. The van der Waals surface area contributed by atoms with Crippen molar-refractivity contribution in [1.29, 1.82) is 0 Å². The Morgan fingerprint density at radius 2 is 2.00 bits per heavy atom. The van der Waals surface area contributed by atoms with Crippen LogP contribution in [0, 0.1) is 6.92 Å². The van der Waals surface area contributed by atoms with Crippen LogP contribution in [0.2, 0.25) is 5.02 Å². The molecule has 0 bridgehead atoms. The zero-order valence-electron chi connectivity index (χ0n) is 15.9. The number of halogens is 1. The molecule has 1 fully saturated rings. The normalized spacial score (nSPS) is 18.5. The SMILES string of the molecule is CCN(CC(=O)Nc1cc(Cl)ccc1C)CC(=O)N(C)[C@H]1CCS(=O)(=O)C1. The van der Waals surface area contributed by atoms with Crippen LogP contribution in [0.5, 0.6) is 0 Å². The van der Waals surface area contributed by atoms with E-state index in [9.17, 15) is 18.0 Å². The van der Waals surface area contributed by atoms with E-state index >= 15 is 0 Å². The summed E-state index contributed by atoms with van der Waals surface area (Å²) in [6.07, 6.45) is 0.464. The van der Waals surface area contributed by atoms with Crippen molar-refractivity contribution in [1.82, 2.24) is 9.80 Å². The molecule has 1 aromatic carbocycles. The zero-order chi connectivity index (χ0) is 20.2. The second-order valence-corrected chi connectivity index (χ2v) is 9.54. The van der Waals surface area contributed by atoms with Gasteiger partial charge in [0.2, 0.25) is 11.8 Å². The standard InChI is InChI=1S/C18H26ClN3O4S/c1-4-22(10-17(23)20-16-9-14(19)6-5-13(16)2)11-18(24)21(3)15-7-8-27(25,26)12-15/h5-6,9,15H,4,7-8,10-12H2,1-3H3,(H,20,23)/t15-/m0/s1. The van der Waals surface area contributed by atoms with E-state index < -0.39 is 9.84 Å². The van der Waals surface area contributed by atoms with Crippen LogP contribution >= 0.6 is 11.6 Å². The van der Waals surface area contributed by atoms with Gasteiger partial charge in [0.25, 0.3) is 0 Å². The highest BCUT2D eigenvalue weighted by atomic mass is 35.5. The summed E-state index contributed by atoms with van der Waals surface area (Å²) in [6, 6.07) is 4.97. The molecule has 1 atom stereocenters. The summed E-state index contributed by atoms with van der Waals surface area (Å²) in [4.78, 5) is 28.0. The molecule has 0 radical (unpaired) electrons. The van der Waals surface area contributed by atoms with Gasteiger partial charge in [-0.3, -0.25) is 14.5 Å². The molecule has 0 saturated carbocycles. The third-order valence-corrected chi connectivity index (χ3v) is 6.78. The van der Waals surface area contributed by atoms with Gasteiger partial charge in [-0.25, -0.2) is 8.42 Å². The van der Waals surface area contributed by atoms with Gasteiger partial charge in [-0.05, 0) is 37.6 Å². The van der Waals surface area contributed by atoms with Crippen molar-refractivity contribution >= 4 is 38.9 Å². The van der Waals surface area contributed by atoms with Crippen LogP contribution in [0.1, 0.15) is 18.9 Å². The lowest BCUT2D eigenvalue weighted by Gasteiger charge is -2.27. The summed E-state index contributed by atoms with van der Waals surface area (Å²) < 4.78 is 23.2. The molecule has 1 aromatic rings. The van der Waals surface area contributed by atoms with E-state index in [1.54, 1.807) is 24.1 Å². The Morgan fingerprint density at radius 3 is 2.59 bits per heavy atom. The van der Waals surface area contributed by atoms with E-state index in [0.717, 1.165) is 5.56 Å². The molecule has 2 rings (SSSR count). The lowest BCUT2D eigenvalue weighted by atomic mass is 10.2. The number of carbonyl (C=O) groups excluding carboxylic acids is 2. The fourth-order valence-electron chi connectivity index (χ4n) is 2.99. The van der Waals surface area contributed by atoms with Gasteiger partial charge in [-0.2, -0.15) is 0 Å². The van der Waals surface area contributed by atoms with Crippen LogP contribution < -0.4 is 5.32 Å². The second kappa shape index (κ2) is 9.03. The number of nitrogens with zero attached hydrogens (tertiary/aromatic N) is 2. The van der Waals surface area contributed by atoms with Gasteiger partial charge in [-0.15, -0.1) is 0 Å². The monoisotopic (exact) mass is 415 g/mol. The lowest BCUT2D eigenvalue weighted by Crippen LogP contribution is -2.45. The van der Waals surface area contributed by atoms with Crippen LogP contribution in [0.25, 0.3) is 0 Å². The van der Waals surface area contributed by atoms with Crippen molar-refractivity contribution in [2.24, 2.45) is 0 Å². The number of anilines is 1. The minimum Gasteiger partial charge on any atom is -0.341 e. The highest BCUT2D eigenvalue weighted by Crippen LogP contribution is 2.20. The van der Waals surface area contributed by atoms with Gasteiger partial charge >= 0.3 is 0 Å². The third kappa shape index (κ3) is 6.19. The predicted molar refractivity (Wildman–Crippen MR) is 107 cm³/mol. The average molecular weight is 416 g/mol. The maximum Gasteiger partial charge on any atom is 0.238 e. The van der Waals surface area contributed by atoms with Gasteiger partial charge < -0.3 is 10.2 Å². The Labute approximate surface area is 165 Å². The smallest absolute Gasteiger partial charge is 0.238 e. The molecule has 150 valence electrons. The molecule has 27 heavy (non-hydrogen) atoms. The van der Waals surface area contributed by atoms with Crippen LogP contribution in [-0.4, -0.2) is 74.3 Å². The van der Waals surface area contributed by atoms with Crippen molar-refractivity contribution in [3.8, 4) is 0 Å². The minimum atomic E-state index is -3.05. The molecule has 1 aliphatic heterocycles. The number of aryl methyl sites for hydroxylation is 1. The van der Waals surface area contributed by atoms with Crippen molar-refractivity contribution in [2.75, 3.05) is 43.5 Å². The van der Waals surface area contributed by atoms with Crippen LogP contribution in [0.3, 0.4) is 0 Å². The molecule has 0 aliphatic carbocycles. The van der Waals surface area contributed by atoms with E-state index in [0.29, 0.717) is 23.7 Å². The number of carbonyl (C=O) groups is 2. The first-order valence-electron chi connectivity index (χ1n) is 8.85. The zero-order valence-corrected chi connectivity index (χ0v) is 17.4. The topological polar surface area (TPSA) is 86.8 Å². The van der Waals surface area contributed by atoms with E-state index in [1.807, 2.05) is 19.9 Å². The first kappa shape index (κ1) is 21.7. The second-order valence-electron chi connectivity index (χ2n) is 6.87. The van der Waals surface area contributed by atoms with Gasteiger partial charge in [0.15, 0.2) is 9.84 Å². The summed E-state index contributed by atoms with van der Waals surface area (Å²) in [5.41, 5.74) is 1.54. The summed E-state index contributed by atoms with van der Waals surface area (Å²) in [7, 11) is -1.43. The maximum absolute atomic E-state index is 12.5. The fourth-order valence-corrected chi connectivity index (χ4v) is 4.93. The van der Waals surface area contributed by atoms with Gasteiger partial charge in [0.05, 0.1) is 24.6 Å². The molecule has 0 unspecified atom stereocenters. The summed E-state index contributed by atoms with van der Waals surface area (Å²) >= 11 is 5.96. The maximum atomic E-state index is 12.5. The van der Waals surface area contributed by atoms with Crippen molar-refractivity contribution in [2.45, 2.75) is 26.3 Å². The number of likely N-dealkylation sites (N-methyl/N-ethyl adjacent to an activating group) is 2. The number of benzene rings is 1. The molecule has 0 spiro atoms. The lowest BCUT2D eigenvalue weighted by molar-refractivity contribution is -0.133. The summed E-state index contributed by atoms with van der Waals surface area (Å²) in [5.74, 6) is -0.295. The minimum absolute atomic E-state index is 0.00982. The predicted octanol–water partition coefficient (Wildman–Crippen LogP) is 1.55. The van der Waals surface area contributed by atoms with Crippen LogP contribution in [0.15, 0.2) is 18.2 Å². The van der Waals surface area contributed by atoms with E-state index in [2.05, 4.69) is 5.32 Å². The van der Waals surface area contributed by atoms with Crippen LogP contribution in [-0.2, 0) is 19.4 Å². The Hall–Kier alpha value is -1.64. The Morgan fingerprint density at radius 1 is 1.30 bits per heavy atom. The van der Waals surface area contributed by atoms with Gasteiger partial charge in [-0.1, -0.05) is 24.6 Å². The van der Waals surface area contributed by atoms with Crippen molar-refractivity contribution < 1.29 is 18.0 Å². The Kier molecular flexibility index (Phi) is 7.25. The fraction of sp³-hybridized carbons (Fsp3) is 0.556. The van der Waals surface area contributed by atoms with E-state index in [1.165, 1.54) is 4.90 Å². The average Bonchev–Trinajstić information content (AvgIpc) is 2.96. The number of nitrogens with one attached hydrogen (secondary N) is 1. The quantitative estimate of drug-likeness (QED) is 0.730. The number of hydrogen-bond acceptors (Lipinski definition) is 5. The highest BCUT2D eigenvalue weighted by Gasteiger charge is 2.33. The number of amides is 2. The van der Waals surface area contributed by atoms with Gasteiger partial charge in [0.1, 0.15) is 0 Å². The number of rotatable bonds is 7. The van der Waals surface area contributed by atoms with Gasteiger partial charge in [0, 0.05) is 23.8 Å². The summed E-state index contributed by atoms with van der Waals surface area (Å²) in [6.45, 7) is 4.38.